The van der Waals surface area contributed by atoms with Crippen molar-refractivity contribution < 1.29 is 57.8 Å². The summed E-state index contributed by atoms with van der Waals surface area (Å²) in [4.78, 5) is 166. The van der Waals surface area contributed by atoms with E-state index in [4.69, 9.17) is 15.6 Å². The van der Waals surface area contributed by atoms with Gasteiger partial charge in [0, 0.05) is 105 Å². The largest absolute Gasteiger partial charge is 0.476 e. The molecule has 0 radical (unpaired) electrons. The molecule has 0 atom stereocenters. The van der Waals surface area contributed by atoms with Crippen molar-refractivity contribution in [3.63, 3.8) is 0 Å². The molecule has 4 fully saturated rings. The molecule has 8 aliphatic rings. The number of ketones is 2. The predicted octanol–water partition coefficient (Wildman–Crippen LogP) is 13.2. The first-order chi connectivity index (χ1) is 61.0. The third-order valence-corrected chi connectivity index (χ3v) is 24.3. The fourth-order valence-electron chi connectivity index (χ4n) is 18.1. The number of nitrogen functional groups attached to an aromatic ring is 1. The number of fused-ring (bicyclic) bond motifs is 4. The van der Waals surface area contributed by atoms with Crippen molar-refractivity contribution in [1.82, 2.24) is 76.4 Å². The average Bonchev–Trinajstić information content (AvgIpc) is 1.49. The van der Waals surface area contributed by atoms with Crippen LogP contribution in [-0.4, -0.2) is 149 Å². The van der Waals surface area contributed by atoms with Crippen molar-refractivity contribution in [2.75, 3.05) is 16.4 Å². The predicted molar refractivity (Wildman–Crippen MR) is 472 cm³/mol. The van der Waals surface area contributed by atoms with Crippen molar-refractivity contribution in [3.8, 4) is 0 Å². The van der Waals surface area contributed by atoms with Crippen LogP contribution < -0.4 is 43.0 Å². The minimum atomic E-state index is -1.22. The van der Waals surface area contributed by atoms with Gasteiger partial charge in [0.2, 0.25) is 5.91 Å². The summed E-state index contributed by atoms with van der Waals surface area (Å²) in [6.07, 6.45) is 41.1. The molecule has 30 heteroatoms. The standard InChI is InChI=1S/C26H33N5O4.C22H25N3O2.C21H24N4O2.C16H14N2O3.C11H16N4O/c1-25(2,3)35-24(34)31-26(11-7-4-8-12-26)23(33)30-21-20(27-13-14-28-21)22(32)29-19-15-17-9-5-6-10-18(17)16-19;26-19(14-15-12-16-6-4-5-7-17(16)13-15)20-21(24-11-10-23-20)22(27)25-18-8-2-1-3-9-18;26-20(16-12-14-6-4-5-7-15(14)13-16)25-19-18(22-10-11-23-19)21(27)24-17-8-2-1-3-9-17;19-13(14-15(16(20)21)18-6-5-17-14)9-10-7-11-3-1-2-4-12(11)8-10;12-10-9(13-6-7-14-10)11(16)15-8-4-2-1-3-5-8/h5-6,9-10,13-14,19H,4,7-8,11-12,15-16H2,1-3H3,(H,29,32)(H,31,34)(H,28,30,33);4-7,10-11,15,18H,1-3,8-9,12-14H2,(H,25,27);4-7,10-11,16-17H,1-3,8-9,12-13H2,(H,24,27)(H,23,25,26);1-6,10H,7-9H2,(H,20,21);6-8H,1-5H2,(H2,12,14)(H,15,16). The number of Topliss-reactive ketones (excluding diaryl/α,β-unsaturated/α-hetero) is 2. The minimum absolute atomic E-state index is 0.0408. The van der Waals surface area contributed by atoms with Crippen molar-refractivity contribution in [2.24, 2.45) is 17.8 Å². The van der Waals surface area contributed by atoms with Gasteiger partial charge in [0.25, 0.3) is 29.5 Å². The van der Waals surface area contributed by atoms with Gasteiger partial charge >= 0.3 is 12.1 Å². The first kappa shape index (κ1) is 90.7. The van der Waals surface area contributed by atoms with Crippen LogP contribution in [0.2, 0.25) is 0 Å². The number of benzene rings is 4. The van der Waals surface area contributed by atoms with Gasteiger partial charge in [-0.2, -0.15) is 0 Å². The van der Waals surface area contributed by atoms with Gasteiger partial charge in [-0.05, 0) is 180 Å². The number of nitrogens with zero attached hydrogens (tertiary/aromatic N) is 10. The second kappa shape index (κ2) is 43.5. The van der Waals surface area contributed by atoms with Crippen LogP contribution in [-0.2, 0) is 65.7 Å². The van der Waals surface area contributed by atoms with Gasteiger partial charge in [0.05, 0.1) is 0 Å². The molecule has 0 unspecified atom stereocenters. The van der Waals surface area contributed by atoms with Crippen molar-refractivity contribution in [3.05, 3.63) is 243 Å². The lowest BCUT2D eigenvalue weighted by Gasteiger charge is -2.36. The monoisotopic (exact) mass is 1710 g/mol. The maximum atomic E-state index is 13.5. The smallest absolute Gasteiger partial charge is 0.408 e. The Balaban J connectivity index is 0.000000138. The highest BCUT2D eigenvalue weighted by atomic mass is 16.6. The van der Waals surface area contributed by atoms with Crippen molar-refractivity contribution in [1.29, 1.82) is 0 Å². The number of carboxylic acid groups (broad SMARTS) is 1. The minimum Gasteiger partial charge on any atom is -0.476 e. The highest BCUT2D eigenvalue weighted by Crippen LogP contribution is 2.35. The summed E-state index contributed by atoms with van der Waals surface area (Å²) >= 11 is 0. The molecule has 5 aromatic heterocycles. The Kier molecular flexibility index (Phi) is 31.3. The number of carboxylic acids is 1. The number of carbonyl (C=O) groups excluding carboxylic acids is 9. The number of nitrogens with one attached hydrogen (secondary N) is 7. The fourth-order valence-corrected chi connectivity index (χ4v) is 18.1. The highest BCUT2D eigenvalue weighted by molar-refractivity contribution is 6.07. The summed E-state index contributed by atoms with van der Waals surface area (Å²) in [7, 11) is 0. The quantitative estimate of drug-likeness (QED) is 0.0320. The Morgan fingerprint density at radius 1 is 0.373 bits per heavy atom. The van der Waals surface area contributed by atoms with Crippen molar-refractivity contribution in [2.45, 2.75) is 249 Å². The number of anilines is 3. The van der Waals surface area contributed by atoms with Crippen molar-refractivity contribution >= 4 is 76.5 Å². The Bertz CT molecular complexity index is 5270. The number of aromatic carboxylic acids is 1. The van der Waals surface area contributed by atoms with Crippen LogP contribution in [0.4, 0.5) is 22.2 Å². The Morgan fingerprint density at radius 3 is 1.10 bits per heavy atom. The molecule has 0 saturated heterocycles. The number of aromatic nitrogens is 10. The Morgan fingerprint density at radius 2 is 0.690 bits per heavy atom. The topological polar surface area (TPSA) is 439 Å². The van der Waals surface area contributed by atoms with E-state index in [-0.39, 0.29) is 134 Å². The average molecular weight is 1710 g/mol. The molecule has 10 N–H and O–H groups in total. The van der Waals surface area contributed by atoms with Gasteiger partial charge in [-0.25, -0.2) is 59.4 Å². The Labute approximate surface area is 733 Å². The second-order valence-corrected chi connectivity index (χ2v) is 34.8. The van der Waals surface area contributed by atoms with Crippen LogP contribution >= 0.6 is 0 Å². The molecule has 7 amide bonds. The first-order valence-corrected chi connectivity index (χ1v) is 44.2. The molecule has 5 heterocycles. The Hall–Kier alpha value is -13.0. The summed E-state index contributed by atoms with van der Waals surface area (Å²) < 4.78 is 5.41. The van der Waals surface area contributed by atoms with E-state index in [9.17, 15) is 47.9 Å². The summed E-state index contributed by atoms with van der Waals surface area (Å²) in [6.45, 7) is 5.31. The molecule has 0 spiro atoms. The van der Waals surface area contributed by atoms with Gasteiger partial charge in [-0.15, -0.1) is 0 Å². The molecule has 8 aliphatic carbocycles. The number of nitrogens with two attached hydrogens (primary N) is 1. The second-order valence-electron chi connectivity index (χ2n) is 34.8. The fraction of sp³-hybridized carbons (Fsp3) is 0.438. The van der Waals surface area contributed by atoms with E-state index in [0.717, 1.165) is 122 Å². The van der Waals surface area contributed by atoms with Gasteiger partial charge in [0.1, 0.15) is 22.5 Å². The lowest BCUT2D eigenvalue weighted by atomic mass is 9.81. The summed E-state index contributed by atoms with van der Waals surface area (Å²) in [6, 6.07) is 33.3. The zero-order valence-electron chi connectivity index (χ0n) is 71.8. The zero-order valence-corrected chi connectivity index (χ0v) is 71.8. The van der Waals surface area contributed by atoms with Crippen LogP contribution in [0, 0.1) is 17.8 Å². The lowest BCUT2D eigenvalue weighted by molar-refractivity contribution is -0.124. The molecule has 30 nitrogen and oxygen atoms in total. The molecular weight excluding hydrogens is 1600 g/mol. The first-order valence-electron chi connectivity index (χ1n) is 44.2. The summed E-state index contributed by atoms with van der Waals surface area (Å²) in [5.74, 6) is -2.40. The molecule has 17 rings (SSSR count). The molecule has 0 aliphatic heterocycles. The maximum absolute atomic E-state index is 13.5. The lowest BCUT2D eigenvalue weighted by Crippen LogP contribution is -2.58. The van der Waals surface area contributed by atoms with Crippen LogP contribution in [0.3, 0.4) is 0 Å². The number of hydrogen-bond donors (Lipinski definition) is 9. The number of ether oxygens (including phenoxy) is 1. The van der Waals surface area contributed by atoms with Gasteiger partial charge in [-0.3, -0.25) is 38.4 Å². The van der Waals surface area contributed by atoms with E-state index in [1.165, 1.54) is 139 Å². The molecule has 4 aromatic carbocycles. The molecule has 658 valence electrons. The van der Waals surface area contributed by atoms with Gasteiger partial charge < -0.3 is 52.8 Å². The number of rotatable bonds is 20. The van der Waals surface area contributed by atoms with Crippen LogP contribution in [0.1, 0.15) is 280 Å². The third-order valence-electron chi connectivity index (χ3n) is 24.3. The van der Waals surface area contributed by atoms with E-state index in [2.05, 4.69) is 136 Å². The summed E-state index contributed by atoms with van der Waals surface area (Å²) in [5.41, 5.74) is 14.4. The number of alkyl carbamates (subject to hydrolysis) is 1. The number of hydrogen-bond acceptors (Lipinski definition) is 22. The molecule has 4 saturated carbocycles. The van der Waals surface area contributed by atoms with Crippen LogP contribution in [0.15, 0.2) is 159 Å². The highest BCUT2D eigenvalue weighted by Gasteiger charge is 2.43. The SMILES string of the molecule is CC(C)(C)OC(=O)NC1(C(=O)Nc2nccnc2C(=O)NC2Cc3ccccc3C2)CCCCC1.Nc1nccnc1C(=O)NC1CCCCC1.O=C(CC1Cc2ccccc2C1)c1nccnc1C(=O)NC1CCCCC1.O=C(NC1CCCCC1)c1nccnc1NC(=O)C1Cc2ccccc2C1.O=C(O)c1nccnc1C(=O)CC1Cc2ccccc2C1. The molecule has 126 heavy (non-hydrogen) atoms. The number of amides is 7. The van der Waals surface area contributed by atoms with Crippen LogP contribution in [0.5, 0.6) is 0 Å². The molecule has 0 bridgehead atoms. The van der Waals surface area contributed by atoms with E-state index in [1.807, 2.05) is 48.5 Å². The normalized spacial score (nSPS) is 16.7. The van der Waals surface area contributed by atoms with E-state index < -0.39 is 35.0 Å². The molecule has 9 aromatic rings. The van der Waals surface area contributed by atoms with Gasteiger partial charge in [-0.1, -0.05) is 174 Å². The maximum Gasteiger partial charge on any atom is 0.408 e. The van der Waals surface area contributed by atoms with Gasteiger partial charge in [0.15, 0.2) is 57.5 Å². The van der Waals surface area contributed by atoms with E-state index in [1.54, 1.807) is 20.8 Å². The zero-order chi connectivity index (χ0) is 88.5. The van der Waals surface area contributed by atoms with E-state index >= 15 is 0 Å². The van der Waals surface area contributed by atoms with E-state index in [0.29, 0.717) is 38.5 Å². The third kappa shape index (κ3) is 24.9. The summed E-state index contributed by atoms with van der Waals surface area (Å²) in [5, 5.41) is 29.5. The molecular formula is C96H112N18O12. The van der Waals surface area contributed by atoms with Crippen LogP contribution in [0.25, 0.3) is 0 Å². The number of carbonyl (C=O) groups is 10.